The molecule has 0 radical (unpaired) electrons. The van der Waals surface area contributed by atoms with E-state index >= 15 is 0 Å². The summed E-state index contributed by atoms with van der Waals surface area (Å²) in [6.07, 6.45) is -3.95. The first kappa shape index (κ1) is 60.4. The summed E-state index contributed by atoms with van der Waals surface area (Å²) < 4.78 is 8.46. The average molecular weight is 624 g/mol. The molecule has 0 aromatic heterocycles. The molecule has 1 atom stereocenters. The molecule has 0 saturated heterocycles. The second-order valence-electron chi connectivity index (χ2n) is 4.44. The fourth-order valence-corrected chi connectivity index (χ4v) is 0.684. The van der Waals surface area contributed by atoms with E-state index in [4.69, 9.17) is 35.0 Å². The number of carboxylic acids is 5. The molecule has 0 rings (SSSR count). The fraction of sp³-hybridized carbons (Fsp3) is 0.583. The molecule has 0 aromatic carbocycles. The number of carbonyl (C=O) groups is 5. The Hall–Kier alpha value is 0.842. The van der Waals surface area contributed by atoms with Gasteiger partial charge in [0.15, 0.2) is 0 Å². The van der Waals surface area contributed by atoms with Gasteiger partial charge in [-0.1, -0.05) is 6.92 Å². The van der Waals surface area contributed by atoms with Crippen LogP contribution in [0, 0.1) is 15.3 Å². The smallest absolute Gasteiger partial charge is 0.550 e. The predicted molar refractivity (Wildman–Crippen MR) is 104 cm³/mol. The molecule has 0 aliphatic rings. The van der Waals surface area contributed by atoms with Crippen LogP contribution in [0.4, 0.5) is 0 Å². The van der Waals surface area contributed by atoms with Gasteiger partial charge < -0.3 is 79.9 Å². The van der Waals surface area contributed by atoms with Crippen LogP contribution in [0.5, 0.6) is 0 Å². The van der Waals surface area contributed by atoms with Gasteiger partial charge in [0, 0.05) is 30.7 Å². The van der Waals surface area contributed by atoms with Crippen LogP contribution in [-0.4, -0.2) is 192 Å². The maximum atomic E-state index is 10.1. The van der Waals surface area contributed by atoms with Crippen LogP contribution in [0.3, 0.4) is 0 Å². The minimum atomic E-state index is -2.97. The number of rotatable bonds is 7. The Labute approximate surface area is 299 Å². The first-order valence-electron chi connectivity index (χ1n) is 7.04. The molecule has 0 aromatic rings. The topological polar surface area (TPSA) is 345 Å². The number of carboxylic acid groups (broad SMARTS) is 5. The summed E-state index contributed by atoms with van der Waals surface area (Å²) in [6.45, 7) is 2.67. The van der Waals surface area contributed by atoms with Gasteiger partial charge in [-0.25, -0.2) is 4.57 Å². The van der Waals surface area contributed by atoms with Crippen LogP contribution in [0.25, 0.3) is 0 Å². The molecule has 0 bridgehead atoms. The Morgan fingerprint density at radius 2 is 1.06 bits per heavy atom. The number of nitrogens with zero attached hydrogens (tertiary/aromatic N) is 1. The van der Waals surface area contributed by atoms with E-state index in [1.165, 1.54) is 6.92 Å². The standard InChI is InChI=1S/C6H8O7.C3H6O3.C3H6O2.Al.3Ca.NO3.HO2P/c7-3(8)1-6(13,5(11)12)2-4(9)10;1-2(4)3(5)6;1-2-3(4)5;;;;;2-1(3)4;1-3-2/h13H,1-2H2,(H,7,8)(H,9,10)(H,11,12);2,4H,1H3,(H,5,6);2H2,1H3,(H,4,5);;;;;;(H,1,2)/q;;;+3;3*+2;-1;/p-5. The third kappa shape index (κ3) is 72.0. The average Bonchev–Trinajstić information content (AvgIpc) is 2.54. The van der Waals surface area contributed by atoms with Gasteiger partial charge in [-0.2, -0.15) is 0 Å². The molecular weight excluding hydrogens is 608 g/mol. The van der Waals surface area contributed by atoms with Crippen molar-refractivity contribution in [3.63, 3.8) is 0 Å². The van der Waals surface area contributed by atoms with Crippen LogP contribution < -0.4 is 25.5 Å². The minimum absolute atomic E-state index is 0. The van der Waals surface area contributed by atoms with Gasteiger partial charge in [0.05, 0.1) is 23.1 Å². The molecule has 3 N–H and O–H groups in total. The van der Waals surface area contributed by atoms with Gasteiger partial charge in [0.2, 0.25) is 0 Å². The molecular formula is C12H16AlCa3NO17P+3. The molecule has 0 aliphatic heterocycles. The Morgan fingerprint density at radius 1 is 0.886 bits per heavy atom. The zero-order valence-electron chi connectivity index (χ0n) is 18.3. The molecule has 18 nitrogen and oxygen atoms in total. The summed E-state index contributed by atoms with van der Waals surface area (Å²) in [7, 11) is -0.833. The summed E-state index contributed by atoms with van der Waals surface area (Å²) in [5.74, 6) is -8.41. The van der Waals surface area contributed by atoms with E-state index in [-0.39, 0.29) is 137 Å². The van der Waals surface area contributed by atoms with E-state index < -0.39 is 68.2 Å². The Bertz CT molecular complexity index is 591. The van der Waals surface area contributed by atoms with E-state index in [0.717, 1.165) is 6.92 Å². The zero-order valence-corrected chi connectivity index (χ0v) is 27.0. The largest absolute Gasteiger partial charge is 3.00 e. The van der Waals surface area contributed by atoms with Gasteiger partial charge in [-0.3, -0.25) is 0 Å². The van der Waals surface area contributed by atoms with E-state index in [1.54, 1.807) is 0 Å². The van der Waals surface area contributed by atoms with Crippen LogP contribution in [0.1, 0.15) is 33.1 Å². The van der Waals surface area contributed by atoms with E-state index in [2.05, 4.69) is 0 Å². The van der Waals surface area contributed by atoms with Crippen LogP contribution >= 0.6 is 8.69 Å². The Kier molecular flexibility index (Phi) is 67.9. The third-order valence-corrected chi connectivity index (χ3v) is 1.88. The second kappa shape index (κ2) is 39.4. The molecule has 0 spiro atoms. The van der Waals surface area contributed by atoms with Crippen molar-refractivity contribution in [1.82, 2.24) is 0 Å². The first-order chi connectivity index (χ1) is 13.8. The molecule has 0 amide bonds. The van der Waals surface area contributed by atoms with Gasteiger partial charge >= 0.3 is 139 Å². The maximum absolute atomic E-state index is 10.1. The van der Waals surface area contributed by atoms with Crippen LogP contribution in [0.15, 0.2) is 0 Å². The monoisotopic (exact) mass is 624 g/mol. The maximum Gasteiger partial charge on any atom is 3.00 e. The van der Waals surface area contributed by atoms with Crippen molar-refractivity contribution in [1.29, 1.82) is 0 Å². The minimum Gasteiger partial charge on any atom is -0.550 e. The summed E-state index contributed by atoms with van der Waals surface area (Å²) in [5.41, 5.74) is -2.97. The Balaban J connectivity index is -0.0000000375. The van der Waals surface area contributed by atoms with Crippen molar-refractivity contribution >= 4 is 169 Å². The predicted octanol–water partition coefficient (Wildman–Crippen LogP) is -9.57. The second-order valence-corrected chi connectivity index (χ2v) is 4.61. The van der Waals surface area contributed by atoms with Crippen molar-refractivity contribution in [3.8, 4) is 0 Å². The number of aliphatic hydroxyl groups excluding tert-OH is 1. The molecule has 23 heteroatoms. The van der Waals surface area contributed by atoms with Crippen molar-refractivity contribution in [3.05, 3.63) is 15.3 Å². The van der Waals surface area contributed by atoms with E-state index in [1.807, 2.05) is 0 Å². The van der Waals surface area contributed by atoms with Gasteiger partial charge in [0.25, 0.3) is 0 Å². The number of aliphatic hydroxyl groups is 2. The molecule has 35 heavy (non-hydrogen) atoms. The fourth-order valence-electron chi connectivity index (χ4n) is 0.684. The first-order valence-corrected chi connectivity index (χ1v) is 7.81. The molecule has 1 unspecified atom stereocenters. The molecule has 0 saturated carbocycles. The number of hydrogen-bond donors (Lipinski definition) is 3. The number of aliphatic carboxylic acids is 5. The van der Waals surface area contributed by atoms with E-state index in [0.29, 0.717) is 0 Å². The molecule has 0 fully saturated rings. The van der Waals surface area contributed by atoms with Crippen molar-refractivity contribution in [2.75, 3.05) is 0 Å². The van der Waals surface area contributed by atoms with Crippen LogP contribution in [0.2, 0.25) is 0 Å². The number of hydrogen-bond acceptors (Lipinski definition) is 16. The SMILES string of the molecule is CC(O)C(=O)[O-].CCC(=O)[O-].O=C([O-])CC(O)(CC(=O)[O-])C(=O)[O-].O=PO.O=[N+]([O-])[O-].[Al+3].[Ca+2].[Ca+2].[Ca+2]. The Morgan fingerprint density at radius 3 is 1.11 bits per heavy atom. The van der Waals surface area contributed by atoms with Gasteiger partial charge in [-0.15, -0.1) is 0 Å². The van der Waals surface area contributed by atoms with Crippen molar-refractivity contribution < 1.29 is 74.3 Å². The number of carbonyl (C=O) groups excluding carboxylic acids is 5. The van der Waals surface area contributed by atoms with Crippen molar-refractivity contribution in [2.24, 2.45) is 0 Å². The molecule has 182 valence electrons. The summed E-state index contributed by atoms with van der Waals surface area (Å²) >= 11 is 0. The van der Waals surface area contributed by atoms with E-state index in [9.17, 15) is 49.5 Å². The van der Waals surface area contributed by atoms with Gasteiger partial charge in [0.1, 0.15) is 5.60 Å². The summed E-state index contributed by atoms with van der Waals surface area (Å²) in [4.78, 5) is 63.8. The molecule has 0 heterocycles. The normalized spacial score (nSPS) is 8.71. The van der Waals surface area contributed by atoms with Gasteiger partial charge in [-0.05, 0) is 13.3 Å². The summed E-state index contributed by atoms with van der Waals surface area (Å²) in [5, 5.41) is 80.2. The third-order valence-electron chi connectivity index (χ3n) is 1.88. The zero-order chi connectivity index (χ0) is 26.4. The van der Waals surface area contributed by atoms with Crippen LogP contribution in [-0.2, 0) is 28.5 Å². The molecule has 0 aliphatic carbocycles. The quantitative estimate of drug-likeness (QED) is 0.102. The van der Waals surface area contributed by atoms with Crippen molar-refractivity contribution in [2.45, 2.75) is 44.8 Å². The summed E-state index contributed by atoms with van der Waals surface area (Å²) in [6, 6.07) is 0.